The van der Waals surface area contributed by atoms with Crippen LogP contribution in [-0.4, -0.2) is 29.8 Å². The van der Waals surface area contributed by atoms with Crippen LogP contribution < -0.4 is 5.32 Å². The third-order valence-corrected chi connectivity index (χ3v) is 3.42. The molecule has 0 saturated heterocycles. The van der Waals surface area contributed by atoms with Gasteiger partial charge < -0.3 is 14.6 Å². The summed E-state index contributed by atoms with van der Waals surface area (Å²) in [6.45, 7) is 7.74. The minimum absolute atomic E-state index is 0.252. The number of nitrogens with zero attached hydrogens (tertiary/aromatic N) is 2. The van der Waals surface area contributed by atoms with E-state index in [9.17, 15) is 0 Å². The molecule has 0 spiro atoms. The fraction of sp³-hybridized carbons (Fsp3) is 0.438. The van der Waals surface area contributed by atoms with Crippen LogP contribution in [0, 0.1) is 13.8 Å². The number of aryl methyl sites for hydroxylation is 2. The van der Waals surface area contributed by atoms with Gasteiger partial charge in [0, 0.05) is 19.9 Å². The lowest BCUT2D eigenvalue weighted by molar-refractivity contribution is 0.210. The van der Waals surface area contributed by atoms with Gasteiger partial charge in [0.05, 0.1) is 18.3 Å². The largest absolute Gasteiger partial charge is 0.383 e. The molecule has 0 aliphatic rings. The third kappa shape index (κ3) is 3.39. The Morgan fingerprint density at radius 1 is 1.25 bits per heavy atom. The predicted molar refractivity (Wildman–Crippen MR) is 82.3 cm³/mol. The standard InChI is InChI=1S/C16H23N3O/c1-12-5-7-15(8-6-12)14(3)19-11-13(2)18-16(19)17-9-10-20-4/h5-8,11,14H,9-10H2,1-4H3,(H,17,18). The summed E-state index contributed by atoms with van der Waals surface area (Å²) in [6.07, 6.45) is 2.08. The van der Waals surface area contributed by atoms with Gasteiger partial charge in [-0.1, -0.05) is 29.8 Å². The van der Waals surface area contributed by atoms with Crippen LogP contribution in [-0.2, 0) is 4.74 Å². The van der Waals surface area contributed by atoms with Gasteiger partial charge in [-0.2, -0.15) is 0 Å². The van der Waals surface area contributed by atoms with Crippen LogP contribution in [0.2, 0.25) is 0 Å². The smallest absolute Gasteiger partial charge is 0.203 e. The summed E-state index contributed by atoms with van der Waals surface area (Å²) in [7, 11) is 1.70. The number of aromatic nitrogens is 2. The predicted octanol–water partition coefficient (Wildman–Crippen LogP) is 3.17. The molecule has 1 aromatic heterocycles. The zero-order valence-electron chi connectivity index (χ0n) is 12.7. The van der Waals surface area contributed by atoms with Gasteiger partial charge in [-0.05, 0) is 26.3 Å². The van der Waals surface area contributed by atoms with Crippen molar-refractivity contribution in [2.75, 3.05) is 25.6 Å². The molecule has 0 fully saturated rings. The molecule has 1 N–H and O–H groups in total. The fourth-order valence-corrected chi connectivity index (χ4v) is 2.21. The van der Waals surface area contributed by atoms with Crippen molar-refractivity contribution in [3.8, 4) is 0 Å². The van der Waals surface area contributed by atoms with Gasteiger partial charge in [0.15, 0.2) is 0 Å². The molecule has 4 heteroatoms. The van der Waals surface area contributed by atoms with Crippen molar-refractivity contribution >= 4 is 5.95 Å². The van der Waals surface area contributed by atoms with Crippen LogP contribution in [0.25, 0.3) is 0 Å². The second-order valence-electron chi connectivity index (χ2n) is 5.12. The number of nitrogens with one attached hydrogen (secondary N) is 1. The Bertz CT molecular complexity index is 545. The summed E-state index contributed by atoms with van der Waals surface area (Å²) in [5.41, 5.74) is 3.58. The second-order valence-corrected chi connectivity index (χ2v) is 5.12. The lowest BCUT2D eigenvalue weighted by Gasteiger charge is -2.17. The van der Waals surface area contributed by atoms with Gasteiger partial charge in [-0.25, -0.2) is 4.98 Å². The summed E-state index contributed by atoms with van der Waals surface area (Å²) in [5, 5.41) is 3.32. The maximum Gasteiger partial charge on any atom is 0.203 e. The van der Waals surface area contributed by atoms with Crippen LogP contribution in [0.3, 0.4) is 0 Å². The number of benzene rings is 1. The molecule has 2 rings (SSSR count). The van der Waals surface area contributed by atoms with Crippen molar-refractivity contribution in [3.05, 3.63) is 47.3 Å². The molecule has 0 bridgehead atoms. The van der Waals surface area contributed by atoms with Crippen molar-refractivity contribution in [1.29, 1.82) is 0 Å². The first-order valence-electron chi connectivity index (χ1n) is 6.96. The number of hydrogen-bond acceptors (Lipinski definition) is 3. The van der Waals surface area contributed by atoms with Gasteiger partial charge in [0.2, 0.25) is 5.95 Å². The lowest BCUT2D eigenvalue weighted by Crippen LogP contribution is -2.15. The Labute approximate surface area is 120 Å². The highest BCUT2D eigenvalue weighted by Crippen LogP contribution is 2.23. The van der Waals surface area contributed by atoms with E-state index in [1.165, 1.54) is 11.1 Å². The van der Waals surface area contributed by atoms with E-state index >= 15 is 0 Å². The van der Waals surface area contributed by atoms with Crippen LogP contribution in [0.4, 0.5) is 5.95 Å². The van der Waals surface area contributed by atoms with E-state index in [0.717, 1.165) is 18.2 Å². The van der Waals surface area contributed by atoms with Crippen molar-refractivity contribution in [2.45, 2.75) is 26.8 Å². The van der Waals surface area contributed by atoms with E-state index in [1.807, 2.05) is 6.92 Å². The summed E-state index contributed by atoms with van der Waals surface area (Å²) >= 11 is 0. The maximum atomic E-state index is 5.07. The molecule has 0 aliphatic heterocycles. The summed E-state index contributed by atoms with van der Waals surface area (Å²) in [6, 6.07) is 8.89. The number of ether oxygens (including phenoxy) is 1. The normalized spacial score (nSPS) is 12.4. The van der Waals surface area contributed by atoms with E-state index in [2.05, 4.69) is 59.2 Å². The Kier molecular flexibility index (Phi) is 4.79. The Hall–Kier alpha value is -1.81. The summed E-state index contributed by atoms with van der Waals surface area (Å²) < 4.78 is 7.25. The third-order valence-electron chi connectivity index (χ3n) is 3.42. The topological polar surface area (TPSA) is 39.1 Å². The molecule has 108 valence electrons. The first kappa shape index (κ1) is 14.6. The number of rotatable bonds is 6. The van der Waals surface area contributed by atoms with E-state index in [1.54, 1.807) is 7.11 Å². The zero-order valence-corrected chi connectivity index (χ0v) is 12.7. The van der Waals surface area contributed by atoms with Gasteiger partial charge in [-0.15, -0.1) is 0 Å². The highest BCUT2D eigenvalue weighted by atomic mass is 16.5. The highest BCUT2D eigenvalue weighted by molar-refractivity contribution is 5.33. The summed E-state index contributed by atoms with van der Waals surface area (Å²) in [4.78, 5) is 4.54. The highest BCUT2D eigenvalue weighted by Gasteiger charge is 2.13. The average molecular weight is 273 g/mol. The van der Waals surface area contributed by atoms with Gasteiger partial charge in [-0.3, -0.25) is 0 Å². The number of imidazole rings is 1. The molecule has 4 nitrogen and oxygen atoms in total. The average Bonchev–Trinajstić information content (AvgIpc) is 2.80. The first-order valence-corrected chi connectivity index (χ1v) is 6.96. The van der Waals surface area contributed by atoms with Crippen LogP contribution >= 0.6 is 0 Å². The minimum Gasteiger partial charge on any atom is -0.383 e. The molecule has 0 radical (unpaired) electrons. The monoisotopic (exact) mass is 273 g/mol. The summed E-state index contributed by atoms with van der Waals surface area (Å²) in [5.74, 6) is 0.896. The quantitative estimate of drug-likeness (QED) is 0.822. The second kappa shape index (κ2) is 6.57. The van der Waals surface area contributed by atoms with E-state index in [0.29, 0.717) is 6.61 Å². The molecule has 2 aromatic rings. The van der Waals surface area contributed by atoms with Crippen molar-refractivity contribution in [3.63, 3.8) is 0 Å². The molecule has 20 heavy (non-hydrogen) atoms. The lowest BCUT2D eigenvalue weighted by atomic mass is 10.1. The van der Waals surface area contributed by atoms with Gasteiger partial charge in [0.25, 0.3) is 0 Å². The zero-order chi connectivity index (χ0) is 14.5. The van der Waals surface area contributed by atoms with Crippen molar-refractivity contribution < 1.29 is 4.74 Å². The number of anilines is 1. The number of hydrogen-bond donors (Lipinski definition) is 1. The molecule has 0 saturated carbocycles. The molecule has 0 amide bonds. The molecule has 1 atom stereocenters. The van der Waals surface area contributed by atoms with Crippen LogP contribution in [0.15, 0.2) is 30.5 Å². The number of methoxy groups -OCH3 is 1. The van der Waals surface area contributed by atoms with E-state index in [4.69, 9.17) is 4.74 Å². The molecular weight excluding hydrogens is 250 g/mol. The van der Waals surface area contributed by atoms with Gasteiger partial charge in [0.1, 0.15) is 0 Å². The van der Waals surface area contributed by atoms with E-state index < -0.39 is 0 Å². The molecule has 1 aromatic carbocycles. The van der Waals surface area contributed by atoms with Crippen molar-refractivity contribution in [2.24, 2.45) is 0 Å². The van der Waals surface area contributed by atoms with Crippen LogP contribution in [0.1, 0.15) is 29.8 Å². The molecule has 1 heterocycles. The molecule has 1 unspecified atom stereocenters. The Morgan fingerprint density at radius 2 is 1.95 bits per heavy atom. The Balaban J connectivity index is 2.20. The fourth-order valence-electron chi connectivity index (χ4n) is 2.21. The van der Waals surface area contributed by atoms with E-state index in [-0.39, 0.29) is 6.04 Å². The maximum absolute atomic E-state index is 5.07. The first-order chi connectivity index (χ1) is 9.61. The minimum atomic E-state index is 0.252. The van der Waals surface area contributed by atoms with Crippen molar-refractivity contribution in [1.82, 2.24) is 9.55 Å². The SMILES string of the molecule is COCCNc1nc(C)cn1C(C)c1ccc(C)cc1. The molecular formula is C16H23N3O. The van der Waals surface area contributed by atoms with Crippen LogP contribution in [0.5, 0.6) is 0 Å². The molecule has 0 aliphatic carbocycles. The van der Waals surface area contributed by atoms with Gasteiger partial charge >= 0.3 is 0 Å². The Morgan fingerprint density at radius 3 is 2.60 bits per heavy atom.